The van der Waals surface area contributed by atoms with Crippen LogP contribution in [0.4, 0.5) is 13.2 Å². The van der Waals surface area contributed by atoms with E-state index in [1.807, 2.05) is 24.3 Å². The summed E-state index contributed by atoms with van der Waals surface area (Å²) in [6, 6.07) is 18.0. The smallest absolute Gasteiger partial charge is 0.418 e. The molecule has 0 unspecified atom stereocenters. The van der Waals surface area contributed by atoms with E-state index >= 15 is 0 Å². The number of nitrogens with zero attached hydrogens (tertiary/aromatic N) is 1. The Morgan fingerprint density at radius 3 is 2.28 bits per heavy atom. The summed E-state index contributed by atoms with van der Waals surface area (Å²) in [4.78, 5) is 4.17. The molecule has 0 aliphatic carbocycles. The highest BCUT2D eigenvalue weighted by Crippen LogP contribution is 2.41. The molecule has 1 heterocycles. The zero-order valence-corrected chi connectivity index (χ0v) is 15.2. The number of benzene rings is 3. The van der Waals surface area contributed by atoms with Crippen molar-refractivity contribution in [1.29, 1.82) is 0 Å². The summed E-state index contributed by atoms with van der Waals surface area (Å²) in [7, 11) is 0. The maximum atomic E-state index is 13.5. The number of halogens is 3. The van der Waals surface area contributed by atoms with Crippen LogP contribution in [0.2, 0.25) is 0 Å². The fourth-order valence-electron chi connectivity index (χ4n) is 3.46. The van der Waals surface area contributed by atoms with Crippen molar-refractivity contribution in [3.8, 4) is 28.0 Å². The van der Waals surface area contributed by atoms with Crippen LogP contribution in [0.3, 0.4) is 0 Å². The van der Waals surface area contributed by atoms with Gasteiger partial charge in [0.1, 0.15) is 5.75 Å². The first-order valence-corrected chi connectivity index (χ1v) is 8.96. The van der Waals surface area contributed by atoms with Gasteiger partial charge in [-0.25, -0.2) is 0 Å². The number of phenols is 1. The monoisotopic (exact) mass is 394 g/mol. The van der Waals surface area contributed by atoms with Crippen LogP contribution in [0, 0.1) is 0 Å². The number of nitrogens with two attached hydrogens (primary N) is 1. The Morgan fingerprint density at radius 1 is 0.897 bits per heavy atom. The standard InChI is InChI=1S/C23H17F3N2O/c24-23(25,26)20-6-2-5-18-21(16-3-1-4-17(29)11-16)19(13-28-22(18)20)15-9-7-14(12-27)8-10-15/h1-11,13,29H,12,27H2. The molecule has 0 fully saturated rings. The van der Waals surface area contributed by atoms with Crippen molar-refractivity contribution in [3.63, 3.8) is 0 Å². The molecule has 4 rings (SSSR count). The number of pyridine rings is 1. The summed E-state index contributed by atoms with van der Waals surface area (Å²) in [5.74, 6) is 0.0314. The van der Waals surface area contributed by atoms with Crippen LogP contribution >= 0.6 is 0 Å². The average Bonchev–Trinajstić information content (AvgIpc) is 2.72. The van der Waals surface area contributed by atoms with E-state index in [1.165, 1.54) is 24.4 Å². The van der Waals surface area contributed by atoms with Crippen molar-refractivity contribution < 1.29 is 18.3 Å². The number of hydrogen-bond acceptors (Lipinski definition) is 3. The first kappa shape index (κ1) is 19.0. The number of aromatic nitrogens is 1. The average molecular weight is 394 g/mol. The number of phenolic OH excluding ortho intramolecular Hbond substituents is 1. The summed E-state index contributed by atoms with van der Waals surface area (Å²) in [5, 5.41) is 10.3. The van der Waals surface area contributed by atoms with Gasteiger partial charge in [-0.3, -0.25) is 4.98 Å². The van der Waals surface area contributed by atoms with Gasteiger partial charge in [0.2, 0.25) is 0 Å². The van der Waals surface area contributed by atoms with Gasteiger partial charge in [-0.1, -0.05) is 48.5 Å². The predicted octanol–water partition coefficient (Wildman–Crippen LogP) is 5.75. The van der Waals surface area contributed by atoms with Crippen LogP contribution < -0.4 is 5.73 Å². The van der Waals surface area contributed by atoms with Crippen LogP contribution in [-0.2, 0) is 12.7 Å². The molecular weight excluding hydrogens is 377 g/mol. The highest BCUT2D eigenvalue weighted by atomic mass is 19.4. The molecule has 3 aromatic carbocycles. The second-order valence-corrected chi connectivity index (χ2v) is 6.70. The highest BCUT2D eigenvalue weighted by molar-refractivity contribution is 6.03. The van der Waals surface area contributed by atoms with Crippen LogP contribution in [-0.4, -0.2) is 10.1 Å². The van der Waals surface area contributed by atoms with E-state index in [9.17, 15) is 18.3 Å². The van der Waals surface area contributed by atoms with Gasteiger partial charge in [0, 0.05) is 29.3 Å². The Hall–Kier alpha value is -3.38. The zero-order chi connectivity index (χ0) is 20.6. The molecule has 4 aromatic rings. The summed E-state index contributed by atoms with van der Waals surface area (Å²) >= 11 is 0. The van der Waals surface area contributed by atoms with Gasteiger partial charge in [-0.2, -0.15) is 13.2 Å². The number of aromatic hydroxyl groups is 1. The Bertz CT molecular complexity index is 1190. The number of para-hydroxylation sites is 1. The largest absolute Gasteiger partial charge is 0.508 e. The van der Waals surface area contributed by atoms with E-state index in [-0.39, 0.29) is 11.3 Å². The maximum Gasteiger partial charge on any atom is 0.418 e. The van der Waals surface area contributed by atoms with Crippen molar-refractivity contribution in [1.82, 2.24) is 4.98 Å². The van der Waals surface area contributed by atoms with Gasteiger partial charge in [-0.05, 0) is 34.9 Å². The van der Waals surface area contributed by atoms with E-state index < -0.39 is 11.7 Å². The second kappa shape index (κ2) is 7.22. The van der Waals surface area contributed by atoms with Gasteiger partial charge >= 0.3 is 6.18 Å². The molecule has 3 nitrogen and oxygen atoms in total. The SMILES string of the molecule is NCc1ccc(-c2cnc3c(C(F)(F)F)cccc3c2-c2cccc(O)c2)cc1. The lowest BCUT2D eigenvalue weighted by atomic mass is 9.91. The minimum atomic E-state index is -4.52. The Morgan fingerprint density at radius 2 is 1.62 bits per heavy atom. The molecule has 0 aliphatic rings. The molecule has 0 aliphatic heterocycles. The van der Waals surface area contributed by atoms with Gasteiger partial charge in [0.05, 0.1) is 11.1 Å². The number of hydrogen-bond donors (Lipinski definition) is 2. The molecule has 3 N–H and O–H groups in total. The lowest BCUT2D eigenvalue weighted by molar-refractivity contribution is -0.136. The molecule has 0 saturated carbocycles. The molecule has 1 aromatic heterocycles. The maximum absolute atomic E-state index is 13.5. The van der Waals surface area contributed by atoms with Crippen molar-refractivity contribution in [3.05, 3.63) is 84.1 Å². The molecular formula is C23H17F3N2O. The highest BCUT2D eigenvalue weighted by Gasteiger charge is 2.33. The predicted molar refractivity (Wildman–Crippen MR) is 107 cm³/mol. The molecule has 0 atom stereocenters. The minimum Gasteiger partial charge on any atom is -0.508 e. The zero-order valence-electron chi connectivity index (χ0n) is 15.2. The van der Waals surface area contributed by atoms with Gasteiger partial charge in [0.25, 0.3) is 0 Å². The number of rotatable bonds is 3. The molecule has 0 saturated heterocycles. The fourth-order valence-corrected chi connectivity index (χ4v) is 3.46. The number of alkyl halides is 3. The van der Waals surface area contributed by atoms with Crippen LogP contribution in [0.15, 0.2) is 72.9 Å². The Labute approximate surface area is 165 Å². The molecule has 6 heteroatoms. The van der Waals surface area contributed by atoms with Crippen molar-refractivity contribution in [2.24, 2.45) is 5.73 Å². The number of fused-ring (bicyclic) bond motifs is 1. The second-order valence-electron chi connectivity index (χ2n) is 6.70. The lowest BCUT2D eigenvalue weighted by Crippen LogP contribution is -2.07. The third-order valence-electron chi connectivity index (χ3n) is 4.84. The third kappa shape index (κ3) is 3.54. The third-order valence-corrected chi connectivity index (χ3v) is 4.84. The minimum absolute atomic E-state index is 0.0314. The molecule has 29 heavy (non-hydrogen) atoms. The molecule has 0 radical (unpaired) electrons. The van der Waals surface area contributed by atoms with Gasteiger partial charge in [0.15, 0.2) is 0 Å². The Kier molecular flexibility index (Phi) is 4.72. The van der Waals surface area contributed by atoms with Crippen molar-refractivity contribution >= 4 is 10.9 Å². The van der Waals surface area contributed by atoms with Crippen LogP contribution in [0.25, 0.3) is 33.2 Å². The van der Waals surface area contributed by atoms with Gasteiger partial charge in [-0.15, -0.1) is 0 Å². The first-order valence-electron chi connectivity index (χ1n) is 8.96. The van der Waals surface area contributed by atoms with E-state index in [1.54, 1.807) is 18.2 Å². The lowest BCUT2D eigenvalue weighted by Gasteiger charge is -2.16. The summed E-state index contributed by atoms with van der Waals surface area (Å²) in [6.07, 6.45) is -3.07. The van der Waals surface area contributed by atoms with Crippen LogP contribution in [0.5, 0.6) is 5.75 Å². The van der Waals surface area contributed by atoms with Crippen LogP contribution in [0.1, 0.15) is 11.1 Å². The van der Waals surface area contributed by atoms with E-state index in [4.69, 9.17) is 5.73 Å². The molecule has 0 spiro atoms. The van der Waals surface area contributed by atoms with E-state index in [0.717, 1.165) is 17.2 Å². The normalized spacial score (nSPS) is 11.7. The summed E-state index contributed by atoms with van der Waals surface area (Å²) in [5.41, 5.74) is 8.35. The van der Waals surface area contributed by atoms with E-state index in [2.05, 4.69) is 4.98 Å². The molecule has 0 bridgehead atoms. The Balaban J connectivity index is 2.07. The quantitative estimate of drug-likeness (QED) is 0.465. The van der Waals surface area contributed by atoms with Crippen molar-refractivity contribution in [2.75, 3.05) is 0 Å². The molecule has 146 valence electrons. The fraction of sp³-hybridized carbons (Fsp3) is 0.0870. The first-order chi connectivity index (χ1) is 13.9. The summed E-state index contributed by atoms with van der Waals surface area (Å²) in [6.45, 7) is 0.393. The van der Waals surface area contributed by atoms with Crippen molar-refractivity contribution in [2.45, 2.75) is 12.7 Å². The summed E-state index contributed by atoms with van der Waals surface area (Å²) < 4.78 is 40.6. The molecule has 0 amide bonds. The van der Waals surface area contributed by atoms with Gasteiger partial charge < -0.3 is 10.8 Å². The van der Waals surface area contributed by atoms with E-state index in [0.29, 0.717) is 28.6 Å². The topological polar surface area (TPSA) is 59.1 Å².